The Morgan fingerprint density at radius 2 is 1.61 bits per heavy atom. The highest BCUT2D eigenvalue weighted by atomic mass is 32.2. The highest BCUT2D eigenvalue weighted by Gasteiger charge is 2.37. The first-order valence-corrected chi connectivity index (χ1v) is 13.2. The quantitative estimate of drug-likeness (QED) is 0.256. The summed E-state index contributed by atoms with van der Waals surface area (Å²) in [5, 5.41) is 3.61. The van der Waals surface area contributed by atoms with E-state index < -0.39 is 0 Å². The summed E-state index contributed by atoms with van der Waals surface area (Å²) in [6, 6.07) is 27.7. The van der Waals surface area contributed by atoms with Crippen molar-refractivity contribution in [2.75, 3.05) is 5.75 Å². The van der Waals surface area contributed by atoms with Crippen LogP contribution >= 0.6 is 11.8 Å². The van der Waals surface area contributed by atoms with Crippen LogP contribution in [0.4, 0.5) is 0 Å². The fraction of sp³-hybridized carbons (Fsp3) is 0.233. The Morgan fingerprint density at radius 1 is 1.00 bits per heavy atom. The number of fused-ring (bicyclic) bond motifs is 3. The maximum atomic E-state index is 13.3. The van der Waals surface area contributed by atoms with Crippen LogP contribution in [0.1, 0.15) is 48.6 Å². The van der Waals surface area contributed by atoms with Gasteiger partial charge in [0, 0.05) is 16.5 Å². The van der Waals surface area contributed by atoms with Crippen molar-refractivity contribution >= 4 is 17.7 Å². The molecule has 1 amide bonds. The number of amides is 1. The van der Waals surface area contributed by atoms with E-state index in [1.165, 1.54) is 17.3 Å². The Bertz CT molecular complexity index is 1400. The third-order valence-electron chi connectivity index (χ3n) is 7.05. The zero-order valence-electron chi connectivity index (χ0n) is 20.5. The lowest BCUT2D eigenvalue weighted by Gasteiger charge is -2.34. The molecule has 0 spiro atoms. The lowest BCUT2D eigenvalue weighted by Crippen LogP contribution is -2.36. The van der Waals surface area contributed by atoms with Crippen molar-refractivity contribution in [1.29, 1.82) is 0 Å². The van der Waals surface area contributed by atoms with Crippen LogP contribution in [0, 0.1) is 0 Å². The molecule has 0 radical (unpaired) electrons. The molecule has 5 rings (SSSR count). The summed E-state index contributed by atoms with van der Waals surface area (Å²) in [6.45, 7) is 4.24. The van der Waals surface area contributed by atoms with Crippen molar-refractivity contribution in [3.05, 3.63) is 118 Å². The fourth-order valence-electron chi connectivity index (χ4n) is 4.98. The van der Waals surface area contributed by atoms with Gasteiger partial charge in [0.15, 0.2) is 5.16 Å². The van der Waals surface area contributed by atoms with E-state index in [0.29, 0.717) is 5.16 Å². The van der Waals surface area contributed by atoms with Gasteiger partial charge >= 0.3 is 0 Å². The molecule has 1 aliphatic carbocycles. The molecule has 6 heteroatoms. The summed E-state index contributed by atoms with van der Waals surface area (Å²) < 4.78 is 0. The molecule has 1 aromatic heterocycles. The van der Waals surface area contributed by atoms with E-state index in [0.717, 1.165) is 40.8 Å². The minimum atomic E-state index is -0.274. The van der Waals surface area contributed by atoms with E-state index in [-0.39, 0.29) is 28.7 Å². The zero-order valence-corrected chi connectivity index (χ0v) is 21.3. The Labute approximate surface area is 215 Å². The second-order valence-electron chi connectivity index (χ2n) is 9.45. The van der Waals surface area contributed by atoms with Gasteiger partial charge in [-0.05, 0) is 29.5 Å². The normalized spacial score (nSPS) is 16.3. The topological polar surface area (TPSA) is 74.8 Å². The maximum absolute atomic E-state index is 13.3. The molecule has 2 N–H and O–H groups in total. The largest absolute Gasteiger partial charge is 0.344 e. The molecule has 0 bridgehead atoms. The van der Waals surface area contributed by atoms with E-state index >= 15 is 0 Å². The van der Waals surface area contributed by atoms with Crippen LogP contribution in [-0.2, 0) is 16.6 Å². The summed E-state index contributed by atoms with van der Waals surface area (Å²) in [5.74, 6) is 0.0155. The molecule has 0 fully saturated rings. The number of thioether (sulfide) groups is 1. The van der Waals surface area contributed by atoms with Crippen LogP contribution < -0.4 is 10.9 Å². The summed E-state index contributed by atoms with van der Waals surface area (Å²) >= 11 is 1.25. The van der Waals surface area contributed by atoms with E-state index in [4.69, 9.17) is 4.98 Å². The number of hydrogen-bond acceptors (Lipinski definition) is 4. The van der Waals surface area contributed by atoms with Gasteiger partial charge < -0.3 is 10.3 Å². The number of benzene rings is 3. The second kappa shape index (κ2) is 10.2. The van der Waals surface area contributed by atoms with Gasteiger partial charge in [-0.15, -0.1) is 0 Å². The number of carbonyl (C=O) groups is 1. The fourth-order valence-corrected chi connectivity index (χ4v) is 5.65. The third-order valence-corrected chi connectivity index (χ3v) is 7.92. The Balaban J connectivity index is 1.39. The molecule has 0 aliphatic heterocycles. The number of nitrogens with zero attached hydrogens (tertiary/aromatic N) is 1. The average Bonchev–Trinajstić information content (AvgIpc) is 2.91. The minimum absolute atomic E-state index is 0.117. The number of hydrogen-bond donors (Lipinski definition) is 2. The van der Waals surface area contributed by atoms with Crippen molar-refractivity contribution in [2.24, 2.45) is 0 Å². The zero-order chi connectivity index (χ0) is 25.1. The SMILES string of the molecule is CC[C@@]1(C)Cc2ccccc2-c2nc(SCC(=O)NC(c3ccccc3)c3ccccc3)[nH]c(=O)c21. The molecule has 0 saturated carbocycles. The summed E-state index contributed by atoms with van der Waals surface area (Å²) in [7, 11) is 0. The molecule has 3 aromatic carbocycles. The van der Waals surface area contributed by atoms with E-state index in [2.05, 4.69) is 30.2 Å². The first-order chi connectivity index (χ1) is 17.5. The van der Waals surface area contributed by atoms with Gasteiger partial charge in [0.1, 0.15) is 0 Å². The highest BCUT2D eigenvalue weighted by Crippen LogP contribution is 2.42. The number of nitrogens with one attached hydrogen (secondary N) is 2. The molecule has 1 aliphatic rings. The van der Waals surface area contributed by atoms with Gasteiger partial charge in [0.25, 0.3) is 5.56 Å². The van der Waals surface area contributed by atoms with E-state index in [1.807, 2.05) is 78.9 Å². The first-order valence-electron chi connectivity index (χ1n) is 12.2. The second-order valence-corrected chi connectivity index (χ2v) is 10.4. The van der Waals surface area contributed by atoms with Crippen molar-refractivity contribution in [2.45, 2.75) is 43.3 Å². The summed E-state index contributed by atoms with van der Waals surface area (Å²) in [4.78, 5) is 34.1. The van der Waals surface area contributed by atoms with Crippen LogP contribution in [0.25, 0.3) is 11.3 Å². The molecular formula is C30H29N3O2S. The number of H-pyrrole nitrogens is 1. The Kier molecular flexibility index (Phi) is 6.79. The standard InChI is InChI=1S/C30H29N3O2S/c1-3-30(2)18-22-16-10-11-17-23(22)27-25(30)28(35)33-29(32-27)36-19-24(34)31-26(20-12-6-4-7-13-20)21-14-8-5-9-15-21/h4-17,26H,3,18-19H2,1-2H3,(H,31,34)(H,32,33,35)/t30-/m0/s1. The third kappa shape index (κ3) is 4.73. The highest BCUT2D eigenvalue weighted by molar-refractivity contribution is 7.99. The van der Waals surface area contributed by atoms with Gasteiger partial charge in [-0.25, -0.2) is 4.98 Å². The van der Waals surface area contributed by atoms with Crippen LogP contribution in [0.3, 0.4) is 0 Å². The lowest BCUT2D eigenvalue weighted by atomic mass is 9.69. The average molecular weight is 496 g/mol. The number of rotatable bonds is 7. The number of aromatic amines is 1. The molecule has 1 atom stereocenters. The van der Waals surface area contributed by atoms with E-state index in [1.54, 1.807) is 0 Å². The van der Waals surface area contributed by atoms with Crippen molar-refractivity contribution in [3.8, 4) is 11.3 Å². The molecule has 5 nitrogen and oxygen atoms in total. The number of carbonyl (C=O) groups excluding carboxylic acids is 1. The molecule has 0 saturated heterocycles. The molecule has 4 aromatic rings. The van der Waals surface area contributed by atoms with Crippen molar-refractivity contribution in [3.63, 3.8) is 0 Å². The predicted octanol–water partition coefficient (Wildman–Crippen LogP) is 5.66. The van der Waals surface area contributed by atoms with Crippen LogP contribution in [0.5, 0.6) is 0 Å². The van der Waals surface area contributed by atoms with Crippen LogP contribution in [0.2, 0.25) is 0 Å². The van der Waals surface area contributed by atoms with Crippen molar-refractivity contribution in [1.82, 2.24) is 15.3 Å². The van der Waals surface area contributed by atoms with Gasteiger partial charge in [-0.1, -0.05) is 111 Å². The Hall–Kier alpha value is -3.64. The van der Waals surface area contributed by atoms with Crippen LogP contribution in [0.15, 0.2) is 94.9 Å². The van der Waals surface area contributed by atoms with Crippen molar-refractivity contribution < 1.29 is 4.79 Å². The number of aromatic nitrogens is 2. The van der Waals surface area contributed by atoms with E-state index in [9.17, 15) is 9.59 Å². The smallest absolute Gasteiger partial charge is 0.255 e. The molecule has 182 valence electrons. The van der Waals surface area contributed by atoms with Gasteiger partial charge in [-0.2, -0.15) is 0 Å². The first kappa shape index (κ1) is 24.1. The Morgan fingerprint density at radius 3 is 2.25 bits per heavy atom. The van der Waals surface area contributed by atoms with Crippen LogP contribution in [-0.4, -0.2) is 21.6 Å². The maximum Gasteiger partial charge on any atom is 0.255 e. The van der Waals surface area contributed by atoms with Gasteiger partial charge in [0.2, 0.25) is 5.91 Å². The summed E-state index contributed by atoms with van der Waals surface area (Å²) in [5.41, 5.74) is 5.32. The van der Waals surface area contributed by atoms with Gasteiger partial charge in [-0.3, -0.25) is 9.59 Å². The molecule has 1 heterocycles. The van der Waals surface area contributed by atoms with Gasteiger partial charge in [0.05, 0.1) is 17.5 Å². The molecule has 0 unspecified atom stereocenters. The predicted molar refractivity (Wildman–Crippen MR) is 145 cm³/mol. The molecule has 36 heavy (non-hydrogen) atoms. The molecular weight excluding hydrogens is 466 g/mol. The lowest BCUT2D eigenvalue weighted by molar-refractivity contribution is -0.119. The summed E-state index contributed by atoms with van der Waals surface area (Å²) in [6.07, 6.45) is 1.65. The monoisotopic (exact) mass is 495 g/mol. The minimum Gasteiger partial charge on any atom is -0.344 e.